The van der Waals surface area contributed by atoms with Crippen molar-refractivity contribution in [3.63, 3.8) is 0 Å². The molecule has 0 aromatic heterocycles. The number of allylic oxidation sites excluding steroid dienone is 12. The molecular formula is C29H38N2O. The third kappa shape index (κ3) is 5.52. The fourth-order valence-corrected chi connectivity index (χ4v) is 4.55. The van der Waals surface area contributed by atoms with Gasteiger partial charge in [-0.25, -0.2) is 0 Å². The van der Waals surface area contributed by atoms with Crippen LogP contribution in [0.15, 0.2) is 107 Å². The lowest BCUT2D eigenvalue weighted by Gasteiger charge is -2.32. The van der Waals surface area contributed by atoms with Crippen molar-refractivity contribution in [2.75, 3.05) is 20.2 Å². The van der Waals surface area contributed by atoms with Crippen molar-refractivity contribution in [3.8, 4) is 0 Å². The largest absolute Gasteiger partial charge is 0.396 e. The number of unbranched alkanes of at least 4 members (excludes halogenated alkanes) is 1. The van der Waals surface area contributed by atoms with Crippen LogP contribution < -0.4 is 0 Å². The Kier molecular flexibility index (Phi) is 8.75. The molecule has 3 nitrogen and oxygen atoms in total. The first-order chi connectivity index (χ1) is 15.6. The average molecular weight is 431 g/mol. The van der Waals surface area contributed by atoms with Gasteiger partial charge in [-0.2, -0.15) is 0 Å². The molecule has 32 heavy (non-hydrogen) atoms. The second-order valence-corrected chi connectivity index (χ2v) is 8.36. The van der Waals surface area contributed by atoms with Crippen LogP contribution in [0.3, 0.4) is 0 Å². The second kappa shape index (κ2) is 11.7. The minimum atomic E-state index is 0.243. The van der Waals surface area contributed by atoms with Gasteiger partial charge >= 0.3 is 0 Å². The van der Waals surface area contributed by atoms with E-state index < -0.39 is 0 Å². The monoisotopic (exact) mass is 430 g/mol. The van der Waals surface area contributed by atoms with Gasteiger partial charge in [0, 0.05) is 55.0 Å². The number of likely N-dealkylation sites (N-methyl/N-ethyl adjacent to an activating group) is 2. The molecule has 0 radical (unpaired) electrons. The standard InChI is InChI=1S/C29H38N2O/c1-5-28(24-15-10-8-7-9-11-16-24)30(4)26-18-14-19-29-27(22-26)25(17-12-13-20-32)21-23(3)31(29)6-2/h5,7-8,11,14-16,19,21-22,32H,3,6,9-10,12-13,17-18,20H2,1-2,4H3/b8-7-,16-11?,24-15+,28-5+. The van der Waals surface area contributed by atoms with Crippen molar-refractivity contribution in [1.29, 1.82) is 0 Å². The van der Waals surface area contributed by atoms with Crippen LogP contribution in [0.25, 0.3) is 0 Å². The van der Waals surface area contributed by atoms with E-state index in [2.05, 4.69) is 98.0 Å². The summed E-state index contributed by atoms with van der Waals surface area (Å²) in [5, 5.41) is 9.26. The van der Waals surface area contributed by atoms with Crippen LogP contribution in [0.5, 0.6) is 0 Å². The lowest BCUT2D eigenvalue weighted by molar-refractivity contribution is 0.284. The quantitative estimate of drug-likeness (QED) is 0.343. The second-order valence-electron chi connectivity index (χ2n) is 8.36. The maximum absolute atomic E-state index is 9.26. The highest BCUT2D eigenvalue weighted by atomic mass is 16.2. The molecule has 1 aliphatic heterocycles. The molecule has 0 bridgehead atoms. The van der Waals surface area contributed by atoms with Crippen molar-refractivity contribution < 1.29 is 5.11 Å². The van der Waals surface area contributed by atoms with E-state index in [-0.39, 0.29) is 6.61 Å². The van der Waals surface area contributed by atoms with Gasteiger partial charge in [0.05, 0.1) is 0 Å². The molecule has 0 amide bonds. The van der Waals surface area contributed by atoms with Gasteiger partial charge in [0.25, 0.3) is 0 Å². The zero-order valence-corrected chi connectivity index (χ0v) is 20.0. The molecule has 0 spiro atoms. The Labute approximate surface area is 194 Å². The third-order valence-corrected chi connectivity index (χ3v) is 6.26. The summed E-state index contributed by atoms with van der Waals surface area (Å²) in [6.07, 6.45) is 28.2. The maximum Gasteiger partial charge on any atom is 0.0484 e. The summed E-state index contributed by atoms with van der Waals surface area (Å²) in [5.41, 5.74) is 8.67. The summed E-state index contributed by atoms with van der Waals surface area (Å²) in [5.74, 6) is 0. The van der Waals surface area contributed by atoms with Crippen LogP contribution in [0.2, 0.25) is 0 Å². The number of hydrogen-bond donors (Lipinski definition) is 1. The third-order valence-electron chi connectivity index (χ3n) is 6.26. The van der Waals surface area contributed by atoms with E-state index in [0.29, 0.717) is 0 Å². The Hall–Kier alpha value is -2.78. The molecular weight excluding hydrogens is 392 g/mol. The lowest BCUT2D eigenvalue weighted by Crippen LogP contribution is -2.25. The van der Waals surface area contributed by atoms with E-state index in [9.17, 15) is 5.11 Å². The molecule has 0 unspecified atom stereocenters. The predicted molar refractivity (Wildman–Crippen MR) is 137 cm³/mol. The van der Waals surface area contributed by atoms with Gasteiger partial charge < -0.3 is 14.9 Å². The molecule has 0 saturated heterocycles. The van der Waals surface area contributed by atoms with Gasteiger partial charge in [-0.05, 0) is 75.3 Å². The average Bonchev–Trinajstić information content (AvgIpc) is 2.99. The lowest BCUT2D eigenvalue weighted by atomic mass is 9.92. The summed E-state index contributed by atoms with van der Waals surface area (Å²) in [4.78, 5) is 4.64. The van der Waals surface area contributed by atoms with E-state index in [1.807, 2.05) is 0 Å². The van der Waals surface area contributed by atoms with E-state index in [0.717, 1.165) is 50.8 Å². The van der Waals surface area contributed by atoms with Gasteiger partial charge in [0.1, 0.15) is 0 Å². The molecule has 1 heterocycles. The summed E-state index contributed by atoms with van der Waals surface area (Å²) in [7, 11) is 2.18. The molecule has 0 saturated carbocycles. The summed E-state index contributed by atoms with van der Waals surface area (Å²) in [6.45, 7) is 9.75. The van der Waals surface area contributed by atoms with Crippen molar-refractivity contribution in [1.82, 2.24) is 9.80 Å². The number of hydrogen-bond acceptors (Lipinski definition) is 3. The minimum absolute atomic E-state index is 0.243. The van der Waals surface area contributed by atoms with E-state index in [1.54, 1.807) is 0 Å². The first-order valence-electron chi connectivity index (χ1n) is 11.9. The smallest absolute Gasteiger partial charge is 0.0484 e. The first-order valence-corrected chi connectivity index (χ1v) is 11.9. The molecule has 0 aromatic rings. The van der Waals surface area contributed by atoms with Crippen LogP contribution in [-0.2, 0) is 0 Å². The Morgan fingerprint density at radius 1 is 1.12 bits per heavy atom. The van der Waals surface area contributed by atoms with Gasteiger partial charge in [-0.3, -0.25) is 0 Å². The Morgan fingerprint density at radius 3 is 2.69 bits per heavy atom. The molecule has 0 aromatic carbocycles. The van der Waals surface area contributed by atoms with E-state index >= 15 is 0 Å². The molecule has 170 valence electrons. The first kappa shape index (κ1) is 23.9. The molecule has 0 atom stereocenters. The fraction of sp³-hybridized carbons (Fsp3) is 0.379. The van der Waals surface area contributed by atoms with Crippen LogP contribution in [0, 0.1) is 0 Å². The topological polar surface area (TPSA) is 26.7 Å². The molecule has 1 N–H and O–H groups in total. The van der Waals surface area contributed by atoms with Crippen LogP contribution in [0.4, 0.5) is 0 Å². The maximum atomic E-state index is 9.26. The van der Waals surface area contributed by atoms with Crippen LogP contribution in [0.1, 0.15) is 52.4 Å². The fourth-order valence-electron chi connectivity index (χ4n) is 4.55. The van der Waals surface area contributed by atoms with Gasteiger partial charge in [-0.15, -0.1) is 0 Å². The Bertz CT molecular complexity index is 950. The molecule has 3 heteroatoms. The highest BCUT2D eigenvalue weighted by molar-refractivity contribution is 5.56. The number of nitrogens with zero attached hydrogens (tertiary/aromatic N) is 2. The van der Waals surface area contributed by atoms with Crippen LogP contribution >= 0.6 is 0 Å². The highest BCUT2D eigenvalue weighted by Gasteiger charge is 2.23. The number of rotatable bonds is 8. The zero-order valence-electron chi connectivity index (χ0n) is 20.0. The van der Waals surface area contributed by atoms with Crippen molar-refractivity contribution in [2.45, 2.75) is 52.4 Å². The summed E-state index contributed by atoms with van der Waals surface area (Å²) < 4.78 is 0. The van der Waals surface area contributed by atoms with Crippen molar-refractivity contribution in [3.05, 3.63) is 107 Å². The van der Waals surface area contributed by atoms with Gasteiger partial charge in [0.15, 0.2) is 0 Å². The Balaban J connectivity index is 1.98. The van der Waals surface area contributed by atoms with E-state index in [1.165, 1.54) is 33.8 Å². The molecule has 3 aliphatic rings. The Morgan fingerprint density at radius 2 is 1.94 bits per heavy atom. The molecule has 2 aliphatic carbocycles. The normalized spacial score (nSPS) is 21.8. The summed E-state index contributed by atoms with van der Waals surface area (Å²) in [6, 6.07) is 0. The van der Waals surface area contributed by atoms with Crippen molar-refractivity contribution >= 4 is 0 Å². The highest BCUT2D eigenvalue weighted by Crippen LogP contribution is 2.36. The van der Waals surface area contributed by atoms with E-state index in [4.69, 9.17) is 0 Å². The van der Waals surface area contributed by atoms with Crippen LogP contribution in [-0.4, -0.2) is 35.1 Å². The number of aliphatic hydroxyl groups excluding tert-OH is 1. The molecule has 3 rings (SSSR count). The van der Waals surface area contributed by atoms with Gasteiger partial charge in [-0.1, -0.05) is 49.1 Å². The predicted octanol–water partition coefficient (Wildman–Crippen LogP) is 6.69. The zero-order chi connectivity index (χ0) is 22.9. The SMILES string of the molecule is C=C1C=C(CCCCO)C2=C(C=CCC(N(C)C(=C/C)/C3=C/C/C=C\CC=C3)=C2)N1CC. The summed E-state index contributed by atoms with van der Waals surface area (Å²) >= 11 is 0. The number of aliphatic hydroxyl groups is 1. The van der Waals surface area contributed by atoms with Crippen molar-refractivity contribution in [2.24, 2.45) is 0 Å². The molecule has 0 fully saturated rings. The minimum Gasteiger partial charge on any atom is -0.396 e. The van der Waals surface area contributed by atoms with Gasteiger partial charge in [0.2, 0.25) is 0 Å².